The normalized spacial score (nSPS) is 10.7. The molecule has 3 nitrogen and oxygen atoms in total. The van der Waals surface area contributed by atoms with Crippen molar-refractivity contribution in [2.24, 2.45) is 0 Å². The minimum Gasteiger partial charge on any atom is -0.349 e. The summed E-state index contributed by atoms with van der Waals surface area (Å²) >= 11 is 5.99. The Labute approximate surface area is 114 Å². The number of rotatable bonds is 6. The number of carbonyl (C=O) groups is 1. The van der Waals surface area contributed by atoms with Crippen LogP contribution in [0.5, 0.6) is 0 Å². The van der Waals surface area contributed by atoms with Gasteiger partial charge in [0.05, 0.1) is 5.56 Å². The first-order chi connectivity index (χ1) is 8.58. The van der Waals surface area contributed by atoms with Crippen molar-refractivity contribution in [3.63, 3.8) is 0 Å². The van der Waals surface area contributed by atoms with Crippen LogP contribution in [-0.2, 0) is 0 Å². The van der Waals surface area contributed by atoms with Crippen LogP contribution in [0.1, 0.15) is 55.6 Å². The quantitative estimate of drug-likeness (QED) is 0.799. The lowest BCUT2D eigenvalue weighted by Crippen LogP contribution is -2.34. The number of pyridine rings is 1. The van der Waals surface area contributed by atoms with Crippen LogP contribution in [0.2, 0.25) is 5.15 Å². The summed E-state index contributed by atoms with van der Waals surface area (Å²) in [5.74, 6) is -0.126. The Morgan fingerprint density at radius 3 is 2.44 bits per heavy atom. The zero-order valence-corrected chi connectivity index (χ0v) is 12.0. The van der Waals surface area contributed by atoms with Crippen molar-refractivity contribution >= 4 is 17.5 Å². The molecule has 0 unspecified atom stereocenters. The largest absolute Gasteiger partial charge is 0.349 e. The molecule has 4 heteroatoms. The van der Waals surface area contributed by atoms with Gasteiger partial charge in [-0.05, 0) is 31.9 Å². The van der Waals surface area contributed by atoms with Gasteiger partial charge >= 0.3 is 0 Å². The fourth-order valence-electron chi connectivity index (χ4n) is 1.94. The van der Waals surface area contributed by atoms with Gasteiger partial charge in [-0.1, -0.05) is 38.3 Å². The summed E-state index contributed by atoms with van der Waals surface area (Å²) in [5.41, 5.74) is 1.27. The topological polar surface area (TPSA) is 42.0 Å². The number of hydrogen-bond donors (Lipinski definition) is 1. The number of carbonyl (C=O) groups excluding carboxylic acids is 1. The Hall–Kier alpha value is -1.09. The summed E-state index contributed by atoms with van der Waals surface area (Å²) in [6, 6.07) is 3.76. The number of nitrogens with zero attached hydrogens (tertiary/aromatic N) is 1. The van der Waals surface area contributed by atoms with Crippen molar-refractivity contribution < 1.29 is 4.79 Å². The molecule has 0 radical (unpaired) electrons. The molecule has 1 rings (SSSR count). The maximum atomic E-state index is 12.1. The summed E-state index contributed by atoms with van der Waals surface area (Å²) < 4.78 is 0. The summed E-state index contributed by atoms with van der Waals surface area (Å²) in [6.45, 7) is 6.09. The fourth-order valence-corrected chi connectivity index (χ4v) is 2.23. The second-order valence-electron chi connectivity index (χ2n) is 4.54. The summed E-state index contributed by atoms with van der Waals surface area (Å²) in [7, 11) is 0. The molecule has 1 amide bonds. The van der Waals surface area contributed by atoms with E-state index in [1.165, 1.54) is 0 Å². The van der Waals surface area contributed by atoms with Crippen LogP contribution < -0.4 is 5.32 Å². The molecule has 1 aromatic heterocycles. The van der Waals surface area contributed by atoms with Crippen LogP contribution in [0, 0.1) is 6.92 Å². The first kappa shape index (κ1) is 15.0. The zero-order chi connectivity index (χ0) is 13.5. The van der Waals surface area contributed by atoms with Crippen molar-refractivity contribution in [3.8, 4) is 0 Å². The minimum atomic E-state index is -0.126. The molecule has 1 N–H and O–H groups in total. The van der Waals surface area contributed by atoms with E-state index in [1.807, 2.05) is 6.92 Å². The molecule has 0 aromatic carbocycles. The van der Waals surface area contributed by atoms with E-state index in [1.54, 1.807) is 12.1 Å². The zero-order valence-electron chi connectivity index (χ0n) is 11.3. The van der Waals surface area contributed by atoms with Gasteiger partial charge in [-0.25, -0.2) is 4.98 Å². The van der Waals surface area contributed by atoms with E-state index in [0.29, 0.717) is 5.56 Å². The summed E-state index contributed by atoms with van der Waals surface area (Å²) in [5, 5.41) is 3.31. The maximum Gasteiger partial charge on any atom is 0.254 e. The highest BCUT2D eigenvalue weighted by atomic mass is 35.5. The minimum absolute atomic E-state index is 0.126. The molecule has 0 saturated carbocycles. The van der Waals surface area contributed by atoms with E-state index >= 15 is 0 Å². The molecule has 18 heavy (non-hydrogen) atoms. The van der Waals surface area contributed by atoms with Crippen LogP contribution in [0.15, 0.2) is 12.1 Å². The van der Waals surface area contributed by atoms with Crippen LogP contribution >= 0.6 is 11.6 Å². The average molecular weight is 269 g/mol. The van der Waals surface area contributed by atoms with E-state index in [-0.39, 0.29) is 17.1 Å². The molecule has 0 aliphatic carbocycles. The first-order valence-electron chi connectivity index (χ1n) is 6.52. The van der Waals surface area contributed by atoms with Gasteiger partial charge in [-0.15, -0.1) is 0 Å². The Morgan fingerprint density at radius 1 is 1.33 bits per heavy atom. The molecule has 0 bridgehead atoms. The monoisotopic (exact) mass is 268 g/mol. The van der Waals surface area contributed by atoms with Gasteiger partial charge in [-0.2, -0.15) is 0 Å². The highest BCUT2D eigenvalue weighted by Gasteiger charge is 2.15. The first-order valence-corrected chi connectivity index (χ1v) is 6.90. The molecule has 1 heterocycles. The van der Waals surface area contributed by atoms with E-state index < -0.39 is 0 Å². The van der Waals surface area contributed by atoms with E-state index in [4.69, 9.17) is 11.6 Å². The lowest BCUT2D eigenvalue weighted by Gasteiger charge is -2.17. The second kappa shape index (κ2) is 7.37. The van der Waals surface area contributed by atoms with Crippen molar-refractivity contribution in [1.29, 1.82) is 0 Å². The lowest BCUT2D eigenvalue weighted by atomic mass is 10.1. The summed E-state index contributed by atoms with van der Waals surface area (Å²) in [6.07, 6.45) is 4.11. The van der Waals surface area contributed by atoms with Gasteiger partial charge < -0.3 is 5.32 Å². The van der Waals surface area contributed by atoms with Crippen molar-refractivity contribution in [3.05, 3.63) is 28.5 Å². The van der Waals surface area contributed by atoms with Crippen LogP contribution in [-0.4, -0.2) is 16.9 Å². The Kier molecular flexibility index (Phi) is 6.13. The van der Waals surface area contributed by atoms with E-state index in [2.05, 4.69) is 24.1 Å². The molecule has 0 saturated heterocycles. The van der Waals surface area contributed by atoms with Crippen molar-refractivity contribution in [2.75, 3.05) is 0 Å². The number of aryl methyl sites for hydroxylation is 1. The molecular formula is C14H21ClN2O. The number of nitrogens with one attached hydrogen (secondary N) is 1. The number of hydrogen-bond acceptors (Lipinski definition) is 2. The third-order valence-electron chi connectivity index (χ3n) is 2.84. The Morgan fingerprint density at radius 2 is 1.94 bits per heavy atom. The highest BCUT2D eigenvalue weighted by molar-refractivity contribution is 6.32. The Bertz CT molecular complexity index is 401. The van der Waals surface area contributed by atoms with Gasteiger partial charge in [0.25, 0.3) is 5.91 Å². The molecule has 0 spiro atoms. The van der Waals surface area contributed by atoms with Gasteiger partial charge in [0.1, 0.15) is 5.15 Å². The SMILES string of the molecule is CCCC(CCC)NC(=O)c1ccc(C)nc1Cl. The average Bonchev–Trinajstić information content (AvgIpc) is 2.29. The molecule has 1 aromatic rings. The molecule has 100 valence electrons. The van der Waals surface area contributed by atoms with Gasteiger partial charge in [-0.3, -0.25) is 4.79 Å². The van der Waals surface area contributed by atoms with E-state index in [9.17, 15) is 4.79 Å². The molecule has 0 atom stereocenters. The van der Waals surface area contributed by atoms with Crippen LogP contribution in [0.25, 0.3) is 0 Å². The predicted octanol–water partition coefficient (Wildman–Crippen LogP) is 3.74. The maximum absolute atomic E-state index is 12.1. The Balaban J connectivity index is 2.73. The second-order valence-corrected chi connectivity index (χ2v) is 4.90. The van der Waals surface area contributed by atoms with Crippen molar-refractivity contribution in [2.45, 2.75) is 52.5 Å². The smallest absolute Gasteiger partial charge is 0.254 e. The standard InChI is InChI=1S/C14H21ClN2O/c1-4-6-11(7-5-2)17-14(18)12-9-8-10(3)16-13(12)15/h8-9,11H,4-7H2,1-3H3,(H,17,18). The fraction of sp³-hybridized carbons (Fsp3) is 0.571. The predicted molar refractivity (Wildman–Crippen MR) is 75.1 cm³/mol. The molecule has 0 fully saturated rings. The number of amides is 1. The third-order valence-corrected chi connectivity index (χ3v) is 3.13. The van der Waals surface area contributed by atoms with Gasteiger partial charge in [0, 0.05) is 11.7 Å². The molecule has 0 aliphatic heterocycles. The molecule has 0 aliphatic rings. The van der Waals surface area contributed by atoms with Crippen LogP contribution in [0.4, 0.5) is 0 Å². The highest BCUT2D eigenvalue weighted by Crippen LogP contribution is 2.14. The van der Waals surface area contributed by atoms with Crippen molar-refractivity contribution in [1.82, 2.24) is 10.3 Å². The number of aromatic nitrogens is 1. The van der Waals surface area contributed by atoms with Gasteiger partial charge in [0.15, 0.2) is 0 Å². The third kappa shape index (κ3) is 4.30. The molecular weight excluding hydrogens is 248 g/mol. The van der Waals surface area contributed by atoms with Gasteiger partial charge in [0.2, 0.25) is 0 Å². The van der Waals surface area contributed by atoms with E-state index in [0.717, 1.165) is 31.4 Å². The van der Waals surface area contributed by atoms with Crippen LogP contribution in [0.3, 0.4) is 0 Å². The lowest BCUT2D eigenvalue weighted by molar-refractivity contribution is 0.0932. The number of halogens is 1. The summed E-state index contributed by atoms with van der Waals surface area (Å²) in [4.78, 5) is 16.2.